The van der Waals surface area contributed by atoms with Crippen molar-refractivity contribution in [2.24, 2.45) is 0 Å². The highest BCUT2D eigenvalue weighted by molar-refractivity contribution is 7.92. The third kappa shape index (κ3) is 4.58. The smallest absolute Gasteiger partial charge is 0.264 e. The fraction of sp³-hybridized carbons (Fsp3) is 0.136. The second kappa shape index (κ2) is 9.19. The van der Waals surface area contributed by atoms with Gasteiger partial charge in [-0.25, -0.2) is 8.42 Å². The Hall–Kier alpha value is -3.03. The number of rotatable bonds is 7. The number of anilines is 2. The summed E-state index contributed by atoms with van der Waals surface area (Å²) in [5.74, 6) is 0.127. The lowest BCUT2D eigenvalue weighted by Gasteiger charge is -2.20. The Morgan fingerprint density at radius 1 is 1.03 bits per heavy atom. The van der Waals surface area contributed by atoms with Crippen molar-refractivity contribution in [3.63, 3.8) is 0 Å². The normalized spacial score (nSPS) is 11.0. The number of carbonyl (C=O) groups is 1. The molecule has 0 aliphatic rings. The Kier molecular flexibility index (Phi) is 6.64. The van der Waals surface area contributed by atoms with Crippen molar-refractivity contribution in [1.29, 1.82) is 0 Å². The molecule has 1 N–H and O–H groups in total. The van der Waals surface area contributed by atoms with Crippen molar-refractivity contribution in [3.8, 4) is 5.75 Å². The molecule has 3 rings (SSSR count). The maximum absolute atomic E-state index is 12.8. The first-order valence-electron chi connectivity index (χ1n) is 9.21. The average molecular weight is 445 g/mol. The predicted octanol–water partition coefficient (Wildman–Crippen LogP) is 4.82. The molecule has 0 radical (unpaired) electrons. The summed E-state index contributed by atoms with van der Waals surface area (Å²) < 4.78 is 32.2. The van der Waals surface area contributed by atoms with E-state index >= 15 is 0 Å². The number of ether oxygens (including phenoxy) is 1. The van der Waals surface area contributed by atoms with E-state index in [-0.39, 0.29) is 15.5 Å². The van der Waals surface area contributed by atoms with Crippen LogP contribution in [0, 0.1) is 0 Å². The van der Waals surface area contributed by atoms with Gasteiger partial charge in [0.15, 0.2) is 0 Å². The molecule has 0 unspecified atom stereocenters. The van der Waals surface area contributed by atoms with Gasteiger partial charge < -0.3 is 10.1 Å². The van der Waals surface area contributed by atoms with Gasteiger partial charge in [-0.3, -0.25) is 9.10 Å². The van der Waals surface area contributed by atoms with Crippen LogP contribution in [0.3, 0.4) is 0 Å². The molecule has 0 aliphatic carbocycles. The van der Waals surface area contributed by atoms with Gasteiger partial charge in [0.05, 0.1) is 33.5 Å². The summed E-state index contributed by atoms with van der Waals surface area (Å²) >= 11 is 6.32. The number of hydrogen-bond acceptors (Lipinski definition) is 4. The van der Waals surface area contributed by atoms with Gasteiger partial charge in [-0.05, 0) is 49.4 Å². The SMILES string of the molecule is CCOc1ccccc1NC(=O)c1ccc(N(C)S(=O)(=O)c2ccccc2)cc1Cl. The third-order valence-electron chi connectivity index (χ3n) is 4.40. The van der Waals surface area contributed by atoms with E-state index in [1.54, 1.807) is 36.4 Å². The van der Waals surface area contributed by atoms with Gasteiger partial charge in [-0.15, -0.1) is 0 Å². The van der Waals surface area contributed by atoms with Crippen molar-refractivity contribution in [2.45, 2.75) is 11.8 Å². The largest absolute Gasteiger partial charge is 0.492 e. The highest BCUT2D eigenvalue weighted by Crippen LogP contribution is 2.29. The quantitative estimate of drug-likeness (QED) is 0.567. The number of halogens is 1. The second-order valence-electron chi connectivity index (χ2n) is 6.33. The minimum atomic E-state index is -3.74. The van der Waals surface area contributed by atoms with Crippen molar-refractivity contribution >= 4 is 38.9 Å². The summed E-state index contributed by atoms with van der Waals surface area (Å²) in [6.07, 6.45) is 0. The molecule has 3 aromatic rings. The fourth-order valence-corrected chi connectivity index (χ4v) is 4.28. The Morgan fingerprint density at radius 3 is 2.37 bits per heavy atom. The summed E-state index contributed by atoms with van der Waals surface area (Å²) in [7, 11) is -2.31. The van der Waals surface area contributed by atoms with Crippen molar-refractivity contribution in [3.05, 3.63) is 83.4 Å². The van der Waals surface area contributed by atoms with Crippen LogP contribution in [0.4, 0.5) is 11.4 Å². The minimum Gasteiger partial charge on any atom is -0.492 e. The maximum atomic E-state index is 12.8. The molecule has 0 saturated heterocycles. The summed E-state index contributed by atoms with van der Waals surface area (Å²) in [6.45, 7) is 2.32. The lowest BCUT2D eigenvalue weighted by Crippen LogP contribution is -2.26. The van der Waals surface area contributed by atoms with E-state index in [1.807, 2.05) is 13.0 Å². The van der Waals surface area contributed by atoms with E-state index in [2.05, 4.69) is 5.32 Å². The van der Waals surface area contributed by atoms with Crippen LogP contribution in [0.25, 0.3) is 0 Å². The van der Waals surface area contributed by atoms with E-state index < -0.39 is 15.9 Å². The fourth-order valence-electron chi connectivity index (χ4n) is 2.81. The van der Waals surface area contributed by atoms with E-state index in [1.165, 1.54) is 37.4 Å². The molecule has 0 spiro atoms. The molecule has 6 nitrogen and oxygen atoms in total. The Morgan fingerprint density at radius 2 is 1.70 bits per heavy atom. The molecule has 0 bridgehead atoms. The van der Waals surface area contributed by atoms with Gasteiger partial charge in [0.2, 0.25) is 0 Å². The van der Waals surface area contributed by atoms with E-state index in [9.17, 15) is 13.2 Å². The standard InChI is InChI=1S/C22H21ClN2O4S/c1-3-29-21-12-8-7-11-20(21)24-22(26)18-14-13-16(15-19(18)23)25(2)30(27,28)17-9-5-4-6-10-17/h4-15H,3H2,1-2H3,(H,24,26). The first-order valence-corrected chi connectivity index (χ1v) is 11.0. The Balaban J connectivity index is 1.84. The zero-order valence-corrected chi connectivity index (χ0v) is 18.1. The van der Waals surface area contributed by atoms with Crippen LogP contribution < -0.4 is 14.4 Å². The van der Waals surface area contributed by atoms with Crippen molar-refractivity contribution < 1.29 is 17.9 Å². The predicted molar refractivity (Wildman–Crippen MR) is 119 cm³/mol. The number of para-hydroxylation sites is 2. The third-order valence-corrected chi connectivity index (χ3v) is 6.51. The molecule has 8 heteroatoms. The van der Waals surface area contributed by atoms with Crippen LogP contribution in [-0.4, -0.2) is 28.0 Å². The zero-order valence-electron chi connectivity index (χ0n) is 16.5. The first-order chi connectivity index (χ1) is 14.3. The summed E-state index contributed by atoms with van der Waals surface area (Å²) in [6, 6.07) is 19.6. The van der Waals surface area contributed by atoms with Crippen LogP contribution >= 0.6 is 11.6 Å². The number of sulfonamides is 1. The zero-order chi connectivity index (χ0) is 21.7. The molecular formula is C22H21ClN2O4S. The van der Waals surface area contributed by atoms with Crippen LogP contribution in [0.2, 0.25) is 5.02 Å². The van der Waals surface area contributed by atoms with E-state index in [4.69, 9.17) is 16.3 Å². The molecule has 0 aliphatic heterocycles. The molecule has 0 fully saturated rings. The number of hydrogen-bond donors (Lipinski definition) is 1. The Bertz CT molecular complexity index is 1150. The molecule has 0 atom stereocenters. The van der Waals surface area contributed by atoms with Gasteiger partial charge in [-0.2, -0.15) is 0 Å². The molecule has 30 heavy (non-hydrogen) atoms. The first kappa shape index (κ1) is 21.7. The van der Waals surface area contributed by atoms with E-state index in [0.717, 1.165) is 4.31 Å². The van der Waals surface area contributed by atoms with Gasteiger partial charge >= 0.3 is 0 Å². The maximum Gasteiger partial charge on any atom is 0.264 e. The monoisotopic (exact) mass is 444 g/mol. The van der Waals surface area contributed by atoms with Gasteiger partial charge in [0.25, 0.3) is 15.9 Å². The lowest BCUT2D eigenvalue weighted by atomic mass is 10.2. The number of carbonyl (C=O) groups excluding carboxylic acids is 1. The molecule has 0 heterocycles. The van der Waals surface area contributed by atoms with Crippen molar-refractivity contribution in [2.75, 3.05) is 23.3 Å². The number of nitrogens with one attached hydrogen (secondary N) is 1. The van der Waals surface area contributed by atoms with Gasteiger partial charge in [0, 0.05) is 7.05 Å². The highest BCUT2D eigenvalue weighted by atomic mass is 35.5. The molecular weight excluding hydrogens is 424 g/mol. The van der Waals surface area contributed by atoms with Gasteiger partial charge in [-0.1, -0.05) is 41.9 Å². The number of amides is 1. The van der Waals surface area contributed by atoms with Crippen LogP contribution in [0.5, 0.6) is 5.75 Å². The number of nitrogens with zero attached hydrogens (tertiary/aromatic N) is 1. The molecule has 0 aromatic heterocycles. The summed E-state index contributed by atoms with van der Waals surface area (Å²) in [5.41, 5.74) is 1.08. The lowest BCUT2D eigenvalue weighted by molar-refractivity contribution is 0.102. The summed E-state index contributed by atoms with van der Waals surface area (Å²) in [4.78, 5) is 12.9. The summed E-state index contributed by atoms with van der Waals surface area (Å²) in [5, 5.41) is 2.91. The molecule has 3 aromatic carbocycles. The Labute approximate surface area is 181 Å². The minimum absolute atomic E-state index is 0.133. The molecule has 0 saturated carbocycles. The van der Waals surface area contributed by atoms with Crippen LogP contribution in [-0.2, 0) is 10.0 Å². The van der Waals surface area contributed by atoms with Gasteiger partial charge in [0.1, 0.15) is 5.75 Å². The second-order valence-corrected chi connectivity index (χ2v) is 8.71. The topological polar surface area (TPSA) is 75.7 Å². The number of benzene rings is 3. The van der Waals surface area contributed by atoms with Crippen LogP contribution in [0.1, 0.15) is 17.3 Å². The van der Waals surface area contributed by atoms with Crippen molar-refractivity contribution in [1.82, 2.24) is 0 Å². The molecule has 156 valence electrons. The average Bonchev–Trinajstić information content (AvgIpc) is 2.75. The highest BCUT2D eigenvalue weighted by Gasteiger charge is 2.22. The van der Waals surface area contributed by atoms with E-state index in [0.29, 0.717) is 23.7 Å². The van der Waals surface area contributed by atoms with Crippen LogP contribution in [0.15, 0.2) is 77.7 Å². The molecule has 1 amide bonds.